The lowest BCUT2D eigenvalue weighted by Crippen LogP contribution is -1.89. The number of hydrogen-bond donors (Lipinski definition) is 0. The molecule has 0 aliphatic heterocycles. The first-order valence-electron chi connectivity index (χ1n) is 8.53. The lowest BCUT2D eigenvalue weighted by atomic mass is 10.1. The predicted octanol–water partition coefficient (Wildman–Crippen LogP) is 6.94. The van der Waals surface area contributed by atoms with Crippen molar-refractivity contribution in [1.29, 1.82) is 0 Å². The molecular formula is C24H18O2. The molecule has 0 aliphatic rings. The normalized spacial score (nSPS) is 10.3. The van der Waals surface area contributed by atoms with Crippen LogP contribution in [0.5, 0.6) is 23.0 Å². The number of hydrogen-bond acceptors (Lipinski definition) is 2. The van der Waals surface area contributed by atoms with Gasteiger partial charge in [0.1, 0.15) is 23.0 Å². The van der Waals surface area contributed by atoms with Crippen molar-refractivity contribution >= 4 is 0 Å². The topological polar surface area (TPSA) is 18.5 Å². The minimum atomic E-state index is 0.739. The van der Waals surface area contributed by atoms with E-state index in [0.29, 0.717) is 0 Å². The zero-order valence-corrected chi connectivity index (χ0v) is 14.2. The Kier molecular flexibility index (Phi) is 4.66. The average molecular weight is 338 g/mol. The first-order chi connectivity index (χ1) is 12.9. The van der Waals surface area contributed by atoms with Gasteiger partial charge in [-0.3, -0.25) is 0 Å². The van der Waals surface area contributed by atoms with Crippen LogP contribution in [0.4, 0.5) is 0 Å². The van der Waals surface area contributed by atoms with Crippen LogP contribution in [-0.4, -0.2) is 0 Å². The number of benzene rings is 4. The molecule has 0 bridgehead atoms. The fraction of sp³-hybridized carbons (Fsp3) is 0. The molecule has 0 unspecified atom stereocenters. The second-order valence-corrected chi connectivity index (χ2v) is 5.89. The molecule has 0 saturated carbocycles. The summed E-state index contributed by atoms with van der Waals surface area (Å²) >= 11 is 0. The Hall–Kier alpha value is -3.52. The molecule has 0 fully saturated rings. The maximum atomic E-state index is 6.04. The van der Waals surface area contributed by atoms with Crippen molar-refractivity contribution in [3.05, 3.63) is 109 Å². The van der Waals surface area contributed by atoms with Crippen LogP contribution < -0.4 is 9.47 Å². The Morgan fingerprint density at radius 1 is 0.346 bits per heavy atom. The van der Waals surface area contributed by atoms with E-state index in [1.165, 1.54) is 0 Å². The Balaban J connectivity index is 1.72. The first-order valence-corrected chi connectivity index (χ1v) is 8.53. The molecule has 2 heteroatoms. The summed E-state index contributed by atoms with van der Waals surface area (Å²) in [6.07, 6.45) is 0. The smallest absolute Gasteiger partial charge is 0.131 e. The molecule has 4 aromatic carbocycles. The summed E-state index contributed by atoms with van der Waals surface area (Å²) in [4.78, 5) is 0. The van der Waals surface area contributed by atoms with Crippen LogP contribution in [0, 0.1) is 0 Å². The fourth-order valence-corrected chi connectivity index (χ4v) is 2.74. The molecule has 0 heterocycles. The van der Waals surface area contributed by atoms with Gasteiger partial charge in [0.2, 0.25) is 0 Å². The SMILES string of the molecule is c1ccc(Oc2cc(Oc3ccccc3)cc(-c3ccccc3)c2)cc1. The third kappa shape index (κ3) is 3.93. The highest BCUT2D eigenvalue weighted by Gasteiger charge is 2.07. The second-order valence-electron chi connectivity index (χ2n) is 5.89. The first kappa shape index (κ1) is 16.0. The van der Waals surface area contributed by atoms with E-state index in [1.807, 2.05) is 97.1 Å². The highest BCUT2D eigenvalue weighted by atomic mass is 16.5. The summed E-state index contributed by atoms with van der Waals surface area (Å²) in [6, 6.07) is 35.7. The van der Waals surface area contributed by atoms with Crippen molar-refractivity contribution in [2.24, 2.45) is 0 Å². The Morgan fingerprint density at radius 3 is 1.23 bits per heavy atom. The molecule has 4 aromatic rings. The van der Waals surface area contributed by atoms with Crippen LogP contribution in [0.25, 0.3) is 11.1 Å². The van der Waals surface area contributed by atoms with Crippen molar-refractivity contribution in [1.82, 2.24) is 0 Å². The molecular weight excluding hydrogens is 320 g/mol. The fourth-order valence-electron chi connectivity index (χ4n) is 2.74. The lowest BCUT2D eigenvalue weighted by Gasteiger charge is -2.12. The molecule has 0 saturated heterocycles. The summed E-state index contributed by atoms with van der Waals surface area (Å²) in [5, 5.41) is 0. The van der Waals surface area contributed by atoms with Gasteiger partial charge in [-0.15, -0.1) is 0 Å². The predicted molar refractivity (Wildman–Crippen MR) is 105 cm³/mol. The Bertz CT molecular complexity index is 905. The number of ether oxygens (including phenoxy) is 2. The molecule has 0 atom stereocenters. The minimum Gasteiger partial charge on any atom is -0.457 e. The van der Waals surface area contributed by atoms with Gasteiger partial charge in [0.05, 0.1) is 0 Å². The third-order valence-electron chi connectivity index (χ3n) is 3.94. The van der Waals surface area contributed by atoms with Crippen LogP contribution in [0.15, 0.2) is 109 Å². The van der Waals surface area contributed by atoms with Crippen molar-refractivity contribution in [3.8, 4) is 34.1 Å². The van der Waals surface area contributed by atoms with E-state index < -0.39 is 0 Å². The number of rotatable bonds is 5. The van der Waals surface area contributed by atoms with Gasteiger partial charge < -0.3 is 9.47 Å². The molecule has 0 aromatic heterocycles. The quantitative estimate of drug-likeness (QED) is 0.392. The van der Waals surface area contributed by atoms with Gasteiger partial charge in [-0.25, -0.2) is 0 Å². The van der Waals surface area contributed by atoms with Gasteiger partial charge in [0.25, 0.3) is 0 Å². The molecule has 0 spiro atoms. The van der Waals surface area contributed by atoms with E-state index in [2.05, 4.69) is 12.1 Å². The molecule has 2 nitrogen and oxygen atoms in total. The van der Waals surface area contributed by atoms with E-state index in [0.717, 1.165) is 34.1 Å². The van der Waals surface area contributed by atoms with E-state index >= 15 is 0 Å². The molecule has 126 valence electrons. The zero-order chi connectivity index (χ0) is 17.6. The molecule has 0 amide bonds. The number of para-hydroxylation sites is 2. The van der Waals surface area contributed by atoms with Gasteiger partial charge in [-0.05, 0) is 47.5 Å². The van der Waals surface area contributed by atoms with E-state index in [4.69, 9.17) is 9.47 Å². The standard InChI is InChI=1S/C24H18O2/c1-4-10-19(11-5-1)20-16-23(25-21-12-6-2-7-13-21)18-24(17-20)26-22-14-8-3-9-15-22/h1-18H. The van der Waals surface area contributed by atoms with Gasteiger partial charge in [0, 0.05) is 6.07 Å². The van der Waals surface area contributed by atoms with E-state index in [1.54, 1.807) is 0 Å². The van der Waals surface area contributed by atoms with Crippen LogP contribution >= 0.6 is 0 Å². The second kappa shape index (κ2) is 7.58. The average Bonchev–Trinajstić information content (AvgIpc) is 2.70. The molecule has 0 aliphatic carbocycles. The maximum absolute atomic E-state index is 6.04. The Labute approximate surface area is 153 Å². The van der Waals surface area contributed by atoms with Gasteiger partial charge in [0.15, 0.2) is 0 Å². The summed E-state index contributed by atoms with van der Waals surface area (Å²) in [5.74, 6) is 3.07. The van der Waals surface area contributed by atoms with Crippen LogP contribution in [0.1, 0.15) is 0 Å². The van der Waals surface area contributed by atoms with Crippen molar-refractivity contribution in [3.63, 3.8) is 0 Å². The summed E-state index contributed by atoms with van der Waals surface area (Å²) < 4.78 is 12.1. The van der Waals surface area contributed by atoms with Gasteiger partial charge >= 0.3 is 0 Å². The van der Waals surface area contributed by atoms with Gasteiger partial charge in [-0.1, -0.05) is 66.7 Å². The summed E-state index contributed by atoms with van der Waals surface area (Å²) in [5.41, 5.74) is 2.16. The zero-order valence-electron chi connectivity index (χ0n) is 14.2. The van der Waals surface area contributed by atoms with Crippen molar-refractivity contribution in [2.75, 3.05) is 0 Å². The highest BCUT2D eigenvalue weighted by molar-refractivity contribution is 5.67. The van der Waals surface area contributed by atoms with Crippen molar-refractivity contribution in [2.45, 2.75) is 0 Å². The third-order valence-corrected chi connectivity index (χ3v) is 3.94. The molecule has 0 N–H and O–H groups in total. The monoisotopic (exact) mass is 338 g/mol. The maximum Gasteiger partial charge on any atom is 0.131 e. The lowest BCUT2D eigenvalue weighted by molar-refractivity contribution is 0.461. The van der Waals surface area contributed by atoms with E-state index in [9.17, 15) is 0 Å². The van der Waals surface area contributed by atoms with Crippen LogP contribution in [0.2, 0.25) is 0 Å². The van der Waals surface area contributed by atoms with Crippen molar-refractivity contribution < 1.29 is 9.47 Å². The largest absolute Gasteiger partial charge is 0.457 e. The molecule has 26 heavy (non-hydrogen) atoms. The minimum absolute atomic E-state index is 0.739. The summed E-state index contributed by atoms with van der Waals surface area (Å²) in [7, 11) is 0. The van der Waals surface area contributed by atoms with Gasteiger partial charge in [-0.2, -0.15) is 0 Å². The van der Waals surface area contributed by atoms with Crippen LogP contribution in [0.3, 0.4) is 0 Å². The molecule has 4 rings (SSSR count). The molecule has 0 radical (unpaired) electrons. The van der Waals surface area contributed by atoms with E-state index in [-0.39, 0.29) is 0 Å². The summed E-state index contributed by atoms with van der Waals surface area (Å²) in [6.45, 7) is 0. The van der Waals surface area contributed by atoms with Crippen LogP contribution in [-0.2, 0) is 0 Å². The highest BCUT2D eigenvalue weighted by Crippen LogP contribution is 2.34. The Morgan fingerprint density at radius 2 is 0.769 bits per heavy atom.